The van der Waals surface area contributed by atoms with Crippen LogP contribution in [0.2, 0.25) is 0 Å². The summed E-state index contributed by atoms with van der Waals surface area (Å²) >= 11 is 0. The van der Waals surface area contributed by atoms with Gasteiger partial charge in [0.2, 0.25) is 0 Å². The van der Waals surface area contributed by atoms with Gasteiger partial charge in [0.25, 0.3) is 0 Å². The van der Waals surface area contributed by atoms with Crippen LogP contribution in [0.3, 0.4) is 0 Å². The van der Waals surface area contributed by atoms with Gasteiger partial charge in [-0.2, -0.15) is 0 Å². The van der Waals surface area contributed by atoms with E-state index < -0.39 is 17.4 Å². The molecule has 0 saturated carbocycles. The van der Waals surface area contributed by atoms with Gasteiger partial charge in [-0.3, -0.25) is 4.98 Å². The quantitative estimate of drug-likeness (QED) is 0.591. The first-order chi connectivity index (χ1) is 13.9. The van der Waals surface area contributed by atoms with Crippen molar-refractivity contribution in [2.75, 3.05) is 24.2 Å². The summed E-state index contributed by atoms with van der Waals surface area (Å²) in [6, 6.07) is 10.2. The fourth-order valence-corrected chi connectivity index (χ4v) is 3.26. The van der Waals surface area contributed by atoms with E-state index in [1.165, 1.54) is 25.3 Å². The molecule has 0 radical (unpaired) electrons. The molecule has 3 heterocycles. The number of rotatable bonds is 8. The largest absolute Gasteiger partial charge is 0.373 e. The molecule has 0 aliphatic heterocycles. The van der Waals surface area contributed by atoms with E-state index in [0.717, 1.165) is 11.4 Å². The molecule has 29 heavy (non-hydrogen) atoms. The Labute approximate surface area is 168 Å². The van der Waals surface area contributed by atoms with E-state index in [1.807, 2.05) is 18.2 Å². The van der Waals surface area contributed by atoms with E-state index in [2.05, 4.69) is 30.8 Å². The Morgan fingerprint density at radius 3 is 2.45 bits per heavy atom. The minimum atomic E-state index is -1.11. The molecule has 0 fully saturated rings. The number of hydrogen-bond donors (Lipinski definition) is 2. The van der Waals surface area contributed by atoms with Crippen molar-refractivity contribution in [2.45, 2.75) is 31.9 Å². The maximum absolute atomic E-state index is 14.3. The second-order valence-corrected chi connectivity index (χ2v) is 7.22. The van der Waals surface area contributed by atoms with Crippen LogP contribution in [0.25, 0.3) is 11.3 Å². The van der Waals surface area contributed by atoms with Crippen molar-refractivity contribution in [1.29, 1.82) is 0 Å². The third kappa shape index (κ3) is 5.01. The first-order valence-corrected chi connectivity index (χ1v) is 9.38. The summed E-state index contributed by atoms with van der Waals surface area (Å²) in [6.07, 6.45) is 2.25. The number of nitrogens with zero attached hydrogens (tertiary/aromatic N) is 4. The van der Waals surface area contributed by atoms with Crippen LogP contribution in [-0.2, 0) is 5.41 Å². The van der Waals surface area contributed by atoms with Gasteiger partial charge in [-0.05, 0) is 49.7 Å². The number of anilines is 2. The highest BCUT2D eigenvalue weighted by molar-refractivity contribution is 5.60. The van der Waals surface area contributed by atoms with Crippen molar-refractivity contribution in [1.82, 2.24) is 20.2 Å². The van der Waals surface area contributed by atoms with Crippen molar-refractivity contribution in [3.8, 4) is 11.3 Å². The number of pyridine rings is 2. The maximum atomic E-state index is 14.3. The highest BCUT2D eigenvalue weighted by atomic mass is 19.1. The van der Waals surface area contributed by atoms with Crippen molar-refractivity contribution >= 4 is 11.6 Å². The van der Waals surface area contributed by atoms with E-state index in [9.17, 15) is 8.78 Å². The Balaban J connectivity index is 1.75. The van der Waals surface area contributed by atoms with Crippen LogP contribution >= 0.6 is 0 Å². The van der Waals surface area contributed by atoms with E-state index in [-0.39, 0.29) is 18.7 Å². The third-order valence-corrected chi connectivity index (χ3v) is 4.70. The molecule has 152 valence electrons. The fourth-order valence-electron chi connectivity index (χ4n) is 3.26. The van der Waals surface area contributed by atoms with Crippen molar-refractivity contribution in [3.63, 3.8) is 0 Å². The van der Waals surface area contributed by atoms with E-state index >= 15 is 0 Å². The molecule has 3 rings (SSSR count). The summed E-state index contributed by atoms with van der Waals surface area (Å²) in [5.74, 6) is 0.835. The van der Waals surface area contributed by atoms with Crippen LogP contribution in [0.5, 0.6) is 0 Å². The van der Waals surface area contributed by atoms with Crippen LogP contribution in [0, 0.1) is 5.82 Å². The molecular weight excluding hydrogens is 374 g/mol. The molecule has 0 unspecified atom stereocenters. The van der Waals surface area contributed by atoms with Crippen LogP contribution in [0.15, 0.2) is 48.8 Å². The van der Waals surface area contributed by atoms with Gasteiger partial charge in [0.15, 0.2) is 0 Å². The van der Waals surface area contributed by atoms with Gasteiger partial charge in [-0.15, -0.1) is 10.2 Å². The highest BCUT2D eigenvalue weighted by Gasteiger charge is 2.33. The summed E-state index contributed by atoms with van der Waals surface area (Å²) in [4.78, 5) is 8.42. The molecular formula is C21H24F2N6. The predicted octanol–water partition coefficient (Wildman–Crippen LogP) is 4.23. The molecule has 2 atom stereocenters. The number of hydrogen-bond acceptors (Lipinski definition) is 6. The van der Waals surface area contributed by atoms with Gasteiger partial charge < -0.3 is 10.6 Å². The summed E-state index contributed by atoms with van der Waals surface area (Å²) in [6.45, 7) is 3.51. The van der Waals surface area contributed by atoms with E-state index in [4.69, 9.17) is 0 Å². The van der Waals surface area contributed by atoms with Gasteiger partial charge in [-0.25, -0.2) is 13.8 Å². The molecule has 0 spiro atoms. The molecule has 3 aromatic rings. The average molecular weight is 398 g/mol. The summed E-state index contributed by atoms with van der Waals surface area (Å²) < 4.78 is 28.1. The van der Waals surface area contributed by atoms with Gasteiger partial charge in [0, 0.05) is 37.0 Å². The van der Waals surface area contributed by atoms with Crippen LogP contribution < -0.4 is 10.6 Å². The zero-order chi connectivity index (χ0) is 20.9. The Hall–Kier alpha value is -3.16. The van der Waals surface area contributed by atoms with Gasteiger partial charge in [0.05, 0.1) is 17.6 Å². The maximum Gasteiger partial charge on any atom is 0.148 e. The molecule has 6 nitrogen and oxygen atoms in total. The minimum absolute atomic E-state index is 0.128. The zero-order valence-corrected chi connectivity index (χ0v) is 16.7. The molecule has 0 saturated heterocycles. The molecule has 0 bridgehead atoms. The molecule has 8 heteroatoms. The summed E-state index contributed by atoms with van der Waals surface area (Å²) in [5, 5.41) is 14.5. The van der Waals surface area contributed by atoms with Crippen LogP contribution in [0.4, 0.5) is 20.4 Å². The second-order valence-electron chi connectivity index (χ2n) is 7.22. The Morgan fingerprint density at radius 2 is 1.86 bits per heavy atom. The highest BCUT2D eigenvalue weighted by Crippen LogP contribution is 2.31. The molecule has 0 aliphatic rings. The van der Waals surface area contributed by atoms with E-state index in [0.29, 0.717) is 11.5 Å². The number of alkyl halides is 1. The lowest BCUT2D eigenvalue weighted by Crippen LogP contribution is -2.35. The predicted molar refractivity (Wildman–Crippen MR) is 110 cm³/mol. The normalized spacial score (nSPS) is 14.1. The molecule has 0 aromatic carbocycles. The SMILES string of the molecule is CNc1ccc(-c2ccc(NC[C@@](C)(C[C@@H](C)F)c3ncccc3F)nn2)cn1. The number of nitrogens with one attached hydrogen (secondary N) is 2. The van der Waals surface area contributed by atoms with Crippen molar-refractivity contribution in [3.05, 3.63) is 60.3 Å². The lowest BCUT2D eigenvalue weighted by atomic mass is 9.81. The lowest BCUT2D eigenvalue weighted by molar-refractivity contribution is 0.267. The van der Waals surface area contributed by atoms with Crippen LogP contribution in [0.1, 0.15) is 26.0 Å². The first kappa shape index (κ1) is 20.6. The smallest absolute Gasteiger partial charge is 0.148 e. The summed E-state index contributed by atoms with van der Waals surface area (Å²) in [7, 11) is 1.80. The van der Waals surface area contributed by atoms with Crippen molar-refractivity contribution in [2.24, 2.45) is 0 Å². The summed E-state index contributed by atoms with van der Waals surface area (Å²) in [5.41, 5.74) is 0.917. The number of aromatic nitrogens is 4. The topological polar surface area (TPSA) is 75.6 Å². The number of halogens is 2. The van der Waals surface area contributed by atoms with Gasteiger partial charge in [-0.1, -0.05) is 6.92 Å². The lowest BCUT2D eigenvalue weighted by Gasteiger charge is -2.30. The molecule has 3 aromatic heterocycles. The molecule has 0 amide bonds. The molecule has 0 aliphatic carbocycles. The monoisotopic (exact) mass is 398 g/mol. The van der Waals surface area contributed by atoms with Crippen LogP contribution in [-0.4, -0.2) is 39.9 Å². The average Bonchev–Trinajstić information content (AvgIpc) is 2.72. The Morgan fingerprint density at radius 1 is 1.07 bits per heavy atom. The fraction of sp³-hybridized carbons (Fsp3) is 0.333. The zero-order valence-electron chi connectivity index (χ0n) is 16.7. The van der Waals surface area contributed by atoms with Crippen molar-refractivity contribution < 1.29 is 8.78 Å². The second kappa shape index (κ2) is 8.89. The third-order valence-electron chi connectivity index (χ3n) is 4.70. The standard InChI is InChI=1S/C21H24F2N6/c1-14(22)11-21(2,20-16(23)5-4-10-25-20)13-27-19-9-7-17(28-29-19)15-6-8-18(24-3)26-12-15/h4-10,12,14H,11,13H2,1-3H3,(H,24,26)(H,27,29)/t14-,21-/m1/s1. The minimum Gasteiger partial charge on any atom is -0.373 e. The van der Waals surface area contributed by atoms with Gasteiger partial charge in [0.1, 0.15) is 17.5 Å². The Kier molecular flexibility index (Phi) is 6.31. The first-order valence-electron chi connectivity index (χ1n) is 9.38. The van der Waals surface area contributed by atoms with E-state index in [1.54, 1.807) is 26.2 Å². The van der Waals surface area contributed by atoms with Gasteiger partial charge >= 0.3 is 0 Å². The molecule has 2 N–H and O–H groups in total. The Bertz CT molecular complexity index is 931.